The Morgan fingerprint density at radius 2 is 2.46 bits per heavy atom. The number of rotatable bonds is 2. The lowest BCUT2D eigenvalue weighted by Crippen LogP contribution is -2.40. The van der Waals surface area contributed by atoms with E-state index < -0.39 is 0 Å². The summed E-state index contributed by atoms with van der Waals surface area (Å²) in [5.41, 5.74) is 2.46. The fourth-order valence-electron chi connectivity index (χ4n) is 0.812. The molecule has 0 spiro atoms. The van der Waals surface area contributed by atoms with E-state index in [4.69, 9.17) is 5.84 Å². The molecule has 4 N–H and O–H groups in total. The first kappa shape index (κ1) is 10.5. The molecule has 72 valence electrons. The number of hydrazine groups is 1. The zero-order valence-electron chi connectivity index (χ0n) is 7.17. The molecule has 0 radical (unpaired) electrons. The van der Waals surface area contributed by atoms with Crippen LogP contribution in [-0.4, -0.2) is 13.0 Å². The zero-order chi connectivity index (χ0) is 9.68. The molecule has 0 amide bonds. The molecule has 4 nitrogen and oxygen atoms in total. The first-order chi connectivity index (χ1) is 6.26. The zero-order valence-corrected chi connectivity index (χ0v) is 9.58. The smallest absolute Gasteiger partial charge is 0.205 e. The molecule has 1 rings (SSSR count). The molecule has 0 aromatic carbocycles. The second-order valence-electron chi connectivity index (χ2n) is 2.28. The molecule has 0 aliphatic carbocycles. The van der Waals surface area contributed by atoms with Gasteiger partial charge in [0.15, 0.2) is 0 Å². The number of aliphatic imine (C=N–C) groups is 1. The summed E-state index contributed by atoms with van der Waals surface area (Å²) in [7, 11) is 1.67. The number of hydrogen-bond acceptors (Lipinski definition) is 3. The van der Waals surface area contributed by atoms with Crippen LogP contribution in [0.2, 0.25) is 0 Å². The molecule has 0 aliphatic rings. The molecule has 0 saturated heterocycles. The predicted octanol–water partition coefficient (Wildman–Crippen LogP) is 1.05. The lowest BCUT2D eigenvalue weighted by atomic mass is 10.5. The third-order valence-electron chi connectivity index (χ3n) is 1.42. The van der Waals surface area contributed by atoms with Gasteiger partial charge in [-0.25, -0.2) is 5.84 Å². The normalized spacial score (nSPS) is 11.5. The van der Waals surface area contributed by atoms with Gasteiger partial charge < -0.3 is 5.32 Å². The summed E-state index contributed by atoms with van der Waals surface area (Å²) in [5, 5.41) is 3.05. The van der Waals surface area contributed by atoms with Crippen LogP contribution in [0.5, 0.6) is 0 Å². The van der Waals surface area contributed by atoms with Crippen molar-refractivity contribution < 1.29 is 0 Å². The largest absolute Gasteiger partial charge is 0.350 e. The molecule has 1 heterocycles. The third-order valence-corrected chi connectivity index (χ3v) is 3.04. The maximum atomic E-state index is 5.20. The summed E-state index contributed by atoms with van der Waals surface area (Å²) < 4.78 is 1.12. The average Bonchev–Trinajstić information content (AvgIpc) is 2.53. The minimum atomic E-state index is 0.588. The van der Waals surface area contributed by atoms with Crippen molar-refractivity contribution in [2.75, 3.05) is 7.05 Å². The molecule has 0 bridgehead atoms. The van der Waals surface area contributed by atoms with Gasteiger partial charge in [0.25, 0.3) is 0 Å². The number of halogens is 1. The van der Waals surface area contributed by atoms with E-state index in [-0.39, 0.29) is 0 Å². The summed E-state index contributed by atoms with van der Waals surface area (Å²) in [6.45, 7) is 0.729. The second kappa shape index (κ2) is 5.21. The van der Waals surface area contributed by atoms with Crippen molar-refractivity contribution in [2.45, 2.75) is 6.54 Å². The van der Waals surface area contributed by atoms with Crippen molar-refractivity contribution >= 4 is 33.2 Å². The number of nitrogens with zero attached hydrogens (tertiary/aromatic N) is 1. The summed E-state index contributed by atoms with van der Waals surface area (Å²) in [6.07, 6.45) is 0. The lowest BCUT2D eigenvalue weighted by Gasteiger charge is -2.05. The van der Waals surface area contributed by atoms with E-state index in [1.54, 1.807) is 18.4 Å². The van der Waals surface area contributed by atoms with E-state index in [1.165, 1.54) is 4.88 Å². The Morgan fingerprint density at radius 1 is 1.69 bits per heavy atom. The van der Waals surface area contributed by atoms with Crippen molar-refractivity contribution in [3.05, 3.63) is 20.8 Å². The Balaban J connectivity index is 2.43. The maximum Gasteiger partial charge on any atom is 0.205 e. The molecule has 13 heavy (non-hydrogen) atoms. The Morgan fingerprint density at radius 3 is 2.92 bits per heavy atom. The van der Waals surface area contributed by atoms with E-state index >= 15 is 0 Å². The number of nitrogens with two attached hydrogens (primary N) is 1. The van der Waals surface area contributed by atoms with Gasteiger partial charge >= 0.3 is 0 Å². The summed E-state index contributed by atoms with van der Waals surface area (Å²) in [4.78, 5) is 5.12. The highest BCUT2D eigenvalue weighted by atomic mass is 79.9. The molecular weight excluding hydrogens is 252 g/mol. The molecule has 1 aromatic rings. The summed E-state index contributed by atoms with van der Waals surface area (Å²) in [5.74, 6) is 5.79. The van der Waals surface area contributed by atoms with Crippen LogP contribution >= 0.6 is 27.3 Å². The molecule has 0 aliphatic heterocycles. The van der Waals surface area contributed by atoms with Crippen LogP contribution < -0.4 is 16.6 Å². The average molecular weight is 263 g/mol. The molecule has 0 atom stereocenters. The molecule has 6 heteroatoms. The van der Waals surface area contributed by atoms with E-state index in [1.807, 2.05) is 12.1 Å². The molecule has 0 saturated carbocycles. The van der Waals surface area contributed by atoms with Crippen molar-refractivity contribution in [1.29, 1.82) is 0 Å². The van der Waals surface area contributed by atoms with Crippen LogP contribution in [-0.2, 0) is 6.54 Å². The number of guanidine groups is 1. The van der Waals surface area contributed by atoms with Gasteiger partial charge in [-0.2, -0.15) is 0 Å². The summed E-state index contributed by atoms with van der Waals surface area (Å²) >= 11 is 5.07. The van der Waals surface area contributed by atoms with E-state index in [0.29, 0.717) is 5.96 Å². The SMILES string of the molecule is CN=C(NN)NCc1ccc(Br)s1. The van der Waals surface area contributed by atoms with Gasteiger partial charge in [-0.05, 0) is 28.1 Å². The number of thiophene rings is 1. The van der Waals surface area contributed by atoms with Gasteiger partial charge in [0.1, 0.15) is 0 Å². The van der Waals surface area contributed by atoms with Gasteiger partial charge in [0.2, 0.25) is 5.96 Å². The Bertz CT molecular complexity index is 296. The quantitative estimate of drug-likeness (QED) is 0.323. The van der Waals surface area contributed by atoms with Gasteiger partial charge in [0, 0.05) is 11.9 Å². The number of nitrogens with one attached hydrogen (secondary N) is 2. The second-order valence-corrected chi connectivity index (χ2v) is 4.82. The van der Waals surface area contributed by atoms with Crippen LogP contribution in [0.25, 0.3) is 0 Å². The van der Waals surface area contributed by atoms with Crippen molar-refractivity contribution in [1.82, 2.24) is 10.7 Å². The highest BCUT2D eigenvalue weighted by molar-refractivity contribution is 9.11. The van der Waals surface area contributed by atoms with Crippen molar-refractivity contribution in [3.8, 4) is 0 Å². The van der Waals surface area contributed by atoms with Gasteiger partial charge in [0.05, 0.1) is 10.3 Å². The highest BCUT2D eigenvalue weighted by Crippen LogP contribution is 2.21. The summed E-state index contributed by atoms with van der Waals surface area (Å²) in [6, 6.07) is 4.06. The Kier molecular flexibility index (Phi) is 4.20. The fourth-order valence-corrected chi connectivity index (χ4v) is 2.24. The van der Waals surface area contributed by atoms with E-state index in [0.717, 1.165) is 10.3 Å². The topological polar surface area (TPSA) is 62.4 Å². The van der Waals surface area contributed by atoms with Crippen LogP contribution in [0, 0.1) is 0 Å². The predicted molar refractivity (Wildman–Crippen MR) is 59.5 cm³/mol. The van der Waals surface area contributed by atoms with E-state index in [9.17, 15) is 0 Å². The maximum absolute atomic E-state index is 5.20. The van der Waals surface area contributed by atoms with Crippen LogP contribution in [0.4, 0.5) is 0 Å². The standard InChI is InChI=1S/C7H11BrN4S/c1-10-7(12-9)11-4-5-2-3-6(8)13-5/h2-3H,4,9H2,1H3,(H2,10,11,12). The molecule has 0 unspecified atom stereocenters. The molecule has 1 aromatic heterocycles. The third kappa shape index (κ3) is 3.33. The minimum absolute atomic E-state index is 0.588. The van der Waals surface area contributed by atoms with Crippen molar-refractivity contribution in [3.63, 3.8) is 0 Å². The first-order valence-electron chi connectivity index (χ1n) is 3.67. The van der Waals surface area contributed by atoms with Crippen LogP contribution in [0.1, 0.15) is 4.88 Å². The van der Waals surface area contributed by atoms with Gasteiger partial charge in [-0.1, -0.05) is 0 Å². The molecule has 0 fully saturated rings. The lowest BCUT2D eigenvalue weighted by molar-refractivity contribution is 0.850. The fraction of sp³-hybridized carbons (Fsp3) is 0.286. The first-order valence-corrected chi connectivity index (χ1v) is 5.28. The van der Waals surface area contributed by atoms with Crippen LogP contribution in [0.15, 0.2) is 20.9 Å². The van der Waals surface area contributed by atoms with Crippen molar-refractivity contribution in [2.24, 2.45) is 10.8 Å². The minimum Gasteiger partial charge on any atom is -0.350 e. The molecular formula is C7H11BrN4S. The highest BCUT2D eigenvalue weighted by Gasteiger charge is 1.98. The Labute approximate surface area is 89.3 Å². The van der Waals surface area contributed by atoms with Crippen LogP contribution in [0.3, 0.4) is 0 Å². The van der Waals surface area contributed by atoms with E-state index in [2.05, 4.69) is 31.7 Å². The monoisotopic (exact) mass is 262 g/mol. The number of hydrogen-bond donors (Lipinski definition) is 3. The van der Waals surface area contributed by atoms with Gasteiger partial charge in [-0.15, -0.1) is 11.3 Å². The van der Waals surface area contributed by atoms with Gasteiger partial charge in [-0.3, -0.25) is 10.4 Å². The Hall–Kier alpha value is -0.590.